The highest BCUT2D eigenvalue weighted by molar-refractivity contribution is 9.10. The molecular weight excluding hydrogens is 434 g/mol. The molecule has 0 fully saturated rings. The maximum atomic E-state index is 5.85. The van der Waals surface area contributed by atoms with Gasteiger partial charge >= 0.3 is 0 Å². The van der Waals surface area contributed by atoms with E-state index in [4.69, 9.17) is 23.7 Å². The summed E-state index contributed by atoms with van der Waals surface area (Å²) in [5, 5.41) is 2.02. The summed E-state index contributed by atoms with van der Waals surface area (Å²) in [6.45, 7) is 4.03. The Morgan fingerprint density at radius 1 is 0.815 bits per heavy atom. The van der Waals surface area contributed by atoms with Crippen molar-refractivity contribution in [2.24, 2.45) is 4.99 Å². The van der Waals surface area contributed by atoms with E-state index in [1.54, 1.807) is 11.3 Å². The fourth-order valence-electron chi connectivity index (χ4n) is 2.31. The van der Waals surface area contributed by atoms with Crippen LogP contribution in [-0.4, -0.2) is 59.1 Å². The van der Waals surface area contributed by atoms with Gasteiger partial charge in [0.25, 0.3) is 0 Å². The second kappa shape index (κ2) is 11.4. The first-order valence-electron chi connectivity index (χ1n) is 8.72. The van der Waals surface area contributed by atoms with Gasteiger partial charge in [0.1, 0.15) is 13.2 Å². The fourth-order valence-corrected chi connectivity index (χ4v) is 3.61. The number of halogens is 1. The smallest absolute Gasteiger partial charge is 0.163 e. The van der Waals surface area contributed by atoms with Gasteiger partial charge < -0.3 is 23.7 Å². The van der Waals surface area contributed by atoms with E-state index in [-0.39, 0.29) is 0 Å². The summed E-state index contributed by atoms with van der Waals surface area (Å²) in [5.74, 6) is 1.31. The Kier molecular flexibility index (Phi) is 8.57. The molecule has 0 aliphatic carbocycles. The molecule has 3 rings (SSSR count). The molecule has 0 N–H and O–H groups in total. The zero-order valence-corrected chi connectivity index (χ0v) is 17.3. The molecule has 2 aromatic rings. The Morgan fingerprint density at radius 3 is 2.07 bits per heavy atom. The molecule has 6 nitrogen and oxygen atoms in total. The molecule has 0 saturated heterocycles. The lowest BCUT2D eigenvalue weighted by atomic mass is 10.3. The van der Waals surface area contributed by atoms with E-state index in [2.05, 4.69) is 20.9 Å². The van der Waals surface area contributed by atoms with Crippen molar-refractivity contribution >= 4 is 39.2 Å². The predicted molar refractivity (Wildman–Crippen MR) is 109 cm³/mol. The van der Waals surface area contributed by atoms with Crippen LogP contribution in [0.1, 0.15) is 4.88 Å². The largest absolute Gasteiger partial charge is 0.487 e. The second-order valence-electron chi connectivity index (χ2n) is 5.59. The highest BCUT2D eigenvalue weighted by Crippen LogP contribution is 2.32. The number of ether oxygens (including phenoxy) is 5. The molecule has 0 atom stereocenters. The molecule has 1 aromatic carbocycles. The molecule has 2 heterocycles. The van der Waals surface area contributed by atoms with Crippen molar-refractivity contribution in [2.75, 3.05) is 52.9 Å². The van der Waals surface area contributed by atoms with E-state index in [0.29, 0.717) is 64.4 Å². The minimum absolute atomic E-state index is 0.428. The number of aliphatic imine (C=N–C) groups is 1. The first-order chi connectivity index (χ1) is 13.3. The average molecular weight is 456 g/mol. The minimum atomic E-state index is 0.428. The van der Waals surface area contributed by atoms with Crippen LogP contribution in [-0.2, 0) is 14.2 Å². The predicted octanol–water partition coefficient (Wildman–Crippen LogP) is 4.08. The topological polar surface area (TPSA) is 58.5 Å². The number of benzene rings is 1. The third kappa shape index (κ3) is 7.23. The maximum absolute atomic E-state index is 5.85. The Hall–Kier alpha value is -1.45. The van der Waals surface area contributed by atoms with Crippen molar-refractivity contribution < 1.29 is 23.7 Å². The lowest BCUT2D eigenvalue weighted by Gasteiger charge is -2.13. The molecule has 0 radical (unpaired) electrons. The molecular formula is C19H22BrNO5S. The summed E-state index contributed by atoms with van der Waals surface area (Å²) in [6.07, 6.45) is 1.83. The zero-order valence-electron chi connectivity index (χ0n) is 14.9. The SMILES string of the molecule is Brc1csc(C=Nc2ccc3c(c2)OCCOCCOCCOCCO3)c1. The normalized spacial score (nSPS) is 17.4. The molecule has 1 aliphatic rings. The molecule has 1 aromatic heterocycles. The fraction of sp³-hybridized carbons (Fsp3) is 0.421. The number of fused-ring (bicyclic) bond motifs is 1. The summed E-state index contributed by atoms with van der Waals surface area (Å²) in [7, 11) is 0. The van der Waals surface area contributed by atoms with Crippen LogP contribution in [0.4, 0.5) is 5.69 Å². The van der Waals surface area contributed by atoms with Crippen LogP contribution in [0, 0.1) is 0 Å². The van der Waals surface area contributed by atoms with Gasteiger partial charge in [0.2, 0.25) is 0 Å². The van der Waals surface area contributed by atoms with Crippen molar-refractivity contribution in [1.82, 2.24) is 0 Å². The molecule has 0 unspecified atom stereocenters. The number of thiophene rings is 1. The van der Waals surface area contributed by atoms with Gasteiger partial charge in [0, 0.05) is 27.0 Å². The van der Waals surface area contributed by atoms with Crippen molar-refractivity contribution in [2.45, 2.75) is 0 Å². The molecule has 8 heteroatoms. The quantitative estimate of drug-likeness (QED) is 0.638. The van der Waals surface area contributed by atoms with Crippen LogP contribution in [0.2, 0.25) is 0 Å². The average Bonchev–Trinajstić information content (AvgIpc) is 3.09. The van der Waals surface area contributed by atoms with Gasteiger partial charge in [-0.2, -0.15) is 0 Å². The number of hydrogen-bond donors (Lipinski definition) is 0. The monoisotopic (exact) mass is 455 g/mol. The molecule has 0 bridgehead atoms. The zero-order chi connectivity index (χ0) is 18.7. The van der Waals surface area contributed by atoms with E-state index in [9.17, 15) is 0 Å². The molecule has 0 spiro atoms. The molecule has 0 amide bonds. The third-order valence-electron chi connectivity index (χ3n) is 3.57. The minimum Gasteiger partial charge on any atom is -0.487 e. The van der Waals surface area contributed by atoms with E-state index < -0.39 is 0 Å². The van der Waals surface area contributed by atoms with Crippen molar-refractivity contribution in [3.63, 3.8) is 0 Å². The molecule has 0 saturated carbocycles. The molecule has 27 heavy (non-hydrogen) atoms. The Morgan fingerprint density at radius 2 is 1.44 bits per heavy atom. The van der Waals surface area contributed by atoms with Gasteiger partial charge in [-0.1, -0.05) is 0 Å². The highest BCUT2D eigenvalue weighted by atomic mass is 79.9. The van der Waals surface area contributed by atoms with Crippen LogP contribution in [0.25, 0.3) is 0 Å². The van der Waals surface area contributed by atoms with Crippen molar-refractivity contribution in [3.8, 4) is 11.5 Å². The van der Waals surface area contributed by atoms with E-state index in [1.165, 1.54) is 0 Å². The highest BCUT2D eigenvalue weighted by Gasteiger charge is 2.08. The Balaban J connectivity index is 1.67. The summed E-state index contributed by atoms with van der Waals surface area (Å²) < 4.78 is 29.1. The number of hydrogen-bond acceptors (Lipinski definition) is 7. The maximum Gasteiger partial charge on any atom is 0.163 e. The molecule has 146 valence electrons. The van der Waals surface area contributed by atoms with Crippen molar-refractivity contribution in [1.29, 1.82) is 0 Å². The van der Waals surface area contributed by atoms with Crippen LogP contribution >= 0.6 is 27.3 Å². The van der Waals surface area contributed by atoms with Gasteiger partial charge in [-0.25, -0.2) is 0 Å². The van der Waals surface area contributed by atoms with Gasteiger partial charge in [-0.05, 0) is 34.1 Å². The van der Waals surface area contributed by atoms with Gasteiger partial charge in [0.15, 0.2) is 11.5 Å². The molecule has 1 aliphatic heterocycles. The second-order valence-corrected chi connectivity index (χ2v) is 7.45. The van der Waals surface area contributed by atoms with Crippen LogP contribution in [0.15, 0.2) is 39.1 Å². The van der Waals surface area contributed by atoms with Crippen LogP contribution in [0.5, 0.6) is 11.5 Å². The number of rotatable bonds is 2. The Labute approximate surface area is 171 Å². The standard InChI is InChI=1S/C19H22BrNO5S/c20-15-11-17(27-14-15)13-21-16-1-2-18-19(12-16)26-10-8-24-6-4-22-3-5-23-7-9-25-18/h1-2,11-14H,3-10H2. The first kappa shape index (κ1) is 20.3. The third-order valence-corrected chi connectivity index (χ3v) is 5.20. The van der Waals surface area contributed by atoms with Crippen LogP contribution in [0.3, 0.4) is 0 Å². The van der Waals surface area contributed by atoms with Gasteiger partial charge in [-0.3, -0.25) is 4.99 Å². The first-order valence-corrected chi connectivity index (χ1v) is 10.4. The Bertz CT molecular complexity index is 737. The van der Waals surface area contributed by atoms with E-state index >= 15 is 0 Å². The van der Waals surface area contributed by atoms with Gasteiger partial charge in [0.05, 0.1) is 45.3 Å². The summed E-state index contributed by atoms with van der Waals surface area (Å²) in [4.78, 5) is 5.60. The lowest BCUT2D eigenvalue weighted by molar-refractivity contribution is 0.00708. The van der Waals surface area contributed by atoms with E-state index in [0.717, 1.165) is 15.0 Å². The van der Waals surface area contributed by atoms with Gasteiger partial charge in [-0.15, -0.1) is 11.3 Å². The van der Waals surface area contributed by atoms with Crippen molar-refractivity contribution in [3.05, 3.63) is 39.0 Å². The van der Waals surface area contributed by atoms with E-state index in [1.807, 2.05) is 35.9 Å². The summed E-state index contributed by atoms with van der Waals surface area (Å²) in [5.41, 5.74) is 0.797. The number of nitrogens with zero attached hydrogens (tertiary/aromatic N) is 1. The lowest BCUT2D eigenvalue weighted by Crippen LogP contribution is -2.13. The summed E-state index contributed by atoms with van der Waals surface area (Å²) >= 11 is 5.07. The van der Waals surface area contributed by atoms with Crippen LogP contribution < -0.4 is 9.47 Å². The summed E-state index contributed by atoms with van der Waals surface area (Å²) in [6, 6.07) is 7.67.